The summed E-state index contributed by atoms with van der Waals surface area (Å²) in [5.41, 5.74) is 3.19. The second-order valence-corrected chi connectivity index (χ2v) is 4.48. The zero-order valence-electron chi connectivity index (χ0n) is 10.4. The third-order valence-corrected chi connectivity index (χ3v) is 3.27. The van der Waals surface area contributed by atoms with E-state index in [-0.39, 0.29) is 10.6 Å². The monoisotopic (exact) mass is 252 g/mol. The molecule has 19 heavy (non-hydrogen) atoms. The van der Waals surface area contributed by atoms with Crippen LogP contribution in [0.15, 0.2) is 54.7 Å². The molecule has 2 aromatic carbocycles. The van der Waals surface area contributed by atoms with Gasteiger partial charge >= 0.3 is 0 Å². The van der Waals surface area contributed by atoms with Crippen LogP contribution in [0.2, 0.25) is 0 Å². The third kappa shape index (κ3) is 1.87. The summed E-state index contributed by atoms with van der Waals surface area (Å²) in [7, 11) is 1.90. The van der Waals surface area contributed by atoms with Crippen LogP contribution < -0.4 is 0 Å². The summed E-state index contributed by atoms with van der Waals surface area (Å²) >= 11 is 0. The Bertz CT molecular complexity index is 760. The molecule has 1 aromatic heterocycles. The first kappa shape index (κ1) is 11.5. The smallest absolute Gasteiger partial charge is 0.271 e. The molecule has 0 atom stereocenters. The van der Waals surface area contributed by atoms with Gasteiger partial charge in [-0.3, -0.25) is 10.1 Å². The molecule has 0 unspecified atom stereocenters. The normalized spacial score (nSPS) is 10.8. The topological polar surface area (TPSA) is 48.1 Å². The molecule has 0 N–H and O–H groups in total. The van der Waals surface area contributed by atoms with E-state index in [0.717, 1.165) is 22.0 Å². The number of benzene rings is 2. The van der Waals surface area contributed by atoms with Gasteiger partial charge in [0.15, 0.2) is 0 Å². The van der Waals surface area contributed by atoms with Gasteiger partial charge in [-0.15, -0.1) is 0 Å². The van der Waals surface area contributed by atoms with Crippen molar-refractivity contribution in [2.24, 2.45) is 7.05 Å². The Hall–Kier alpha value is -2.62. The summed E-state index contributed by atoms with van der Waals surface area (Å²) in [6, 6.07) is 15.0. The summed E-state index contributed by atoms with van der Waals surface area (Å²) in [6.07, 6.45) is 2.00. The second kappa shape index (κ2) is 4.24. The number of nitro benzene ring substituents is 1. The Kier molecular flexibility index (Phi) is 2.56. The lowest BCUT2D eigenvalue weighted by molar-refractivity contribution is -0.384. The zero-order chi connectivity index (χ0) is 13.4. The number of nitro groups is 1. The van der Waals surface area contributed by atoms with Crippen LogP contribution in [-0.4, -0.2) is 9.49 Å². The number of hydrogen-bond donors (Lipinski definition) is 0. The molecule has 0 aliphatic rings. The molecule has 4 nitrogen and oxygen atoms in total. The van der Waals surface area contributed by atoms with Crippen LogP contribution in [-0.2, 0) is 7.05 Å². The fourth-order valence-electron chi connectivity index (χ4n) is 2.33. The predicted octanol–water partition coefficient (Wildman–Crippen LogP) is 3.75. The molecule has 0 spiro atoms. The molecular formula is C15H12N2O2. The summed E-state index contributed by atoms with van der Waals surface area (Å²) in [4.78, 5) is 10.5. The lowest BCUT2D eigenvalue weighted by Gasteiger charge is -1.98. The highest BCUT2D eigenvalue weighted by atomic mass is 16.6. The van der Waals surface area contributed by atoms with Gasteiger partial charge in [0.25, 0.3) is 5.69 Å². The number of nitrogens with zero attached hydrogens (tertiary/aromatic N) is 2. The Balaban J connectivity index is 2.26. The minimum Gasteiger partial charge on any atom is -0.350 e. The largest absolute Gasteiger partial charge is 0.350 e. The van der Waals surface area contributed by atoms with E-state index in [1.54, 1.807) is 12.1 Å². The van der Waals surface area contributed by atoms with Crippen molar-refractivity contribution in [2.45, 2.75) is 0 Å². The number of non-ortho nitro benzene ring substituents is 1. The molecule has 3 aromatic rings. The lowest BCUT2D eigenvalue weighted by atomic mass is 10.0. The van der Waals surface area contributed by atoms with E-state index in [9.17, 15) is 10.1 Å². The highest BCUT2D eigenvalue weighted by Crippen LogP contribution is 2.32. The molecule has 0 aliphatic heterocycles. The number of aromatic nitrogens is 1. The number of fused-ring (bicyclic) bond motifs is 1. The molecule has 0 radical (unpaired) electrons. The standard InChI is InChI=1S/C15H12N2O2/c1-16-10-14(11-5-3-2-4-6-11)13-8-7-12(17(18)19)9-15(13)16/h2-10H,1H3. The number of hydrogen-bond acceptors (Lipinski definition) is 2. The molecule has 0 saturated heterocycles. The van der Waals surface area contributed by atoms with E-state index in [2.05, 4.69) is 0 Å². The van der Waals surface area contributed by atoms with Crippen LogP contribution in [0.5, 0.6) is 0 Å². The molecule has 0 bridgehead atoms. The molecular weight excluding hydrogens is 240 g/mol. The Morgan fingerprint density at radius 1 is 1.11 bits per heavy atom. The first-order valence-corrected chi connectivity index (χ1v) is 5.96. The maximum atomic E-state index is 10.8. The van der Waals surface area contributed by atoms with E-state index < -0.39 is 0 Å². The molecule has 3 rings (SSSR count). The van der Waals surface area contributed by atoms with Gasteiger partial charge in [0.2, 0.25) is 0 Å². The first-order chi connectivity index (χ1) is 9.16. The van der Waals surface area contributed by atoms with Gasteiger partial charge in [-0.2, -0.15) is 0 Å². The SMILES string of the molecule is Cn1cc(-c2ccccc2)c2ccc([N+](=O)[O-])cc21. The highest BCUT2D eigenvalue weighted by molar-refractivity contribution is 5.97. The van der Waals surface area contributed by atoms with E-state index in [1.165, 1.54) is 0 Å². The van der Waals surface area contributed by atoms with Crippen LogP contribution in [0.4, 0.5) is 5.69 Å². The molecule has 4 heteroatoms. The van der Waals surface area contributed by atoms with Gasteiger partial charge in [-0.1, -0.05) is 30.3 Å². The van der Waals surface area contributed by atoms with Crippen LogP contribution in [0.25, 0.3) is 22.0 Å². The van der Waals surface area contributed by atoms with Crippen molar-refractivity contribution >= 4 is 16.6 Å². The molecule has 1 heterocycles. The van der Waals surface area contributed by atoms with Gasteiger partial charge in [0.1, 0.15) is 0 Å². The summed E-state index contributed by atoms with van der Waals surface area (Å²) in [5.74, 6) is 0. The lowest BCUT2D eigenvalue weighted by Crippen LogP contribution is -1.89. The predicted molar refractivity (Wildman–Crippen MR) is 75.0 cm³/mol. The third-order valence-electron chi connectivity index (χ3n) is 3.27. The fourth-order valence-corrected chi connectivity index (χ4v) is 2.33. The average molecular weight is 252 g/mol. The van der Waals surface area contributed by atoms with Gasteiger partial charge < -0.3 is 4.57 Å². The van der Waals surface area contributed by atoms with Crippen molar-refractivity contribution in [3.05, 3.63) is 64.8 Å². The van der Waals surface area contributed by atoms with Crippen LogP contribution in [0.1, 0.15) is 0 Å². The first-order valence-electron chi connectivity index (χ1n) is 5.96. The van der Waals surface area contributed by atoms with Crippen molar-refractivity contribution in [3.63, 3.8) is 0 Å². The van der Waals surface area contributed by atoms with Crippen molar-refractivity contribution in [2.75, 3.05) is 0 Å². The number of rotatable bonds is 2. The summed E-state index contributed by atoms with van der Waals surface area (Å²) in [5, 5.41) is 11.9. The van der Waals surface area contributed by atoms with Crippen molar-refractivity contribution in [1.82, 2.24) is 4.57 Å². The Morgan fingerprint density at radius 3 is 2.53 bits per heavy atom. The Labute approximate surface area is 110 Å². The molecule has 94 valence electrons. The van der Waals surface area contributed by atoms with Crippen molar-refractivity contribution < 1.29 is 4.92 Å². The van der Waals surface area contributed by atoms with Crippen LogP contribution in [0, 0.1) is 10.1 Å². The van der Waals surface area contributed by atoms with Crippen LogP contribution >= 0.6 is 0 Å². The van der Waals surface area contributed by atoms with E-state index in [1.807, 2.05) is 54.2 Å². The maximum absolute atomic E-state index is 10.8. The van der Waals surface area contributed by atoms with E-state index in [0.29, 0.717) is 0 Å². The molecule has 0 aliphatic carbocycles. The average Bonchev–Trinajstić information content (AvgIpc) is 2.77. The fraction of sp³-hybridized carbons (Fsp3) is 0.0667. The van der Waals surface area contributed by atoms with Gasteiger partial charge in [0.05, 0.1) is 10.4 Å². The van der Waals surface area contributed by atoms with E-state index >= 15 is 0 Å². The molecule has 0 fully saturated rings. The minimum absolute atomic E-state index is 0.119. The maximum Gasteiger partial charge on any atom is 0.271 e. The molecule has 0 amide bonds. The minimum atomic E-state index is -0.366. The summed E-state index contributed by atoms with van der Waals surface area (Å²) < 4.78 is 1.92. The van der Waals surface area contributed by atoms with Gasteiger partial charge in [-0.25, -0.2) is 0 Å². The van der Waals surface area contributed by atoms with Crippen LogP contribution in [0.3, 0.4) is 0 Å². The van der Waals surface area contributed by atoms with E-state index in [4.69, 9.17) is 0 Å². The zero-order valence-corrected chi connectivity index (χ0v) is 10.4. The number of aryl methyl sites for hydroxylation is 1. The Morgan fingerprint density at radius 2 is 1.84 bits per heavy atom. The van der Waals surface area contributed by atoms with Gasteiger partial charge in [-0.05, 0) is 11.6 Å². The van der Waals surface area contributed by atoms with Gasteiger partial charge in [0, 0.05) is 36.3 Å². The quantitative estimate of drug-likeness (QED) is 0.515. The van der Waals surface area contributed by atoms with Crippen molar-refractivity contribution in [3.8, 4) is 11.1 Å². The molecule has 0 saturated carbocycles. The van der Waals surface area contributed by atoms with Crippen molar-refractivity contribution in [1.29, 1.82) is 0 Å². The highest BCUT2D eigenvalue weighted by Gasteiger charge is 2.12. The second-order valence-electron chi connectivity index (χ2n) is 4.48. The summed E-state index contributed by atoms with van der Waals surface area (Å²) in [6.45, 7) is 0.